The van der Waals surface area contributed by atoms with Crippen molar-refractivity contribution in [2.24, 2.45) is 0 Å². The van der Waals surface area contributed by atoms with E-state index in [1.807, 2.05) is 30.3 Å². The molecule has 1 aliphatic rings. The summed E-state index contributed by atoms with van der Waals surface area (Å²) in [4.78, 5) is 11.7. The smallest absolute Gasteiger partial charge is 0.376 e. The van der Waals surface area contributed by atoms with Gasteiger partial charge in [0.05, 0.1) is 7.11 Å². The van der Waals surface area contributed by atoms with E-state index in [1.54, 1.807) is 18.2 Å². The number of fused-ring (bicyclic) bond motifs is 1. The second kappa shape index (κ2) is 5.76. The van der Waals surface area contributed by atoms with E-state index in [1.165, 1.54) is 7.11 Å². The molecular weight excluding hydrogens is 292 g/mol. The third-order valence-corrected chi connectivity index (χ3v) is 3.48. The van der Waals surface area contributed by atoms with Crippen molar-refractivity contribution in [1.29, 1.82) is 0 Å². The first kappa shape index (κ1) is 13.9. The van der Waals surface area contributed by atoms with E-state index >= 15 is 0 Å². The molecule has 0 saturated heterocycles. The molecule has 0 radical (unpaired) electrons. The predicted molar refractivity (Wildman–Crippen MR) is 77.3 cm³/mol. The molecule has 2 atom stereocenters. The van der Waals surface area contributed by atoms with Crippen molar-refractivity contribution in [1.82, 2.24) is 0 Å². The van der Waals surface area contributed by atoms with Crippen molar-refractivity contribution in [2.75, 3.05) is 7.11 Å². The van der Waals surface area contributed by atoms with Gasteiger partial charge >= 0.3 is 5.97 Å². The molecular formula is C16H13ClO4. The summed E-state index contributed by atoms with van der Waals surface area (Å²) in [5, 5.41) is 0.582. The Labute approximate surface area is 127 Å². The number of methoxy groups -OCH3 is 1. The summed E-state index contributed by atoms with van der Waals surface area (Å²) in [6, 6.07) is 14.8. The van der Waals surface area contributed by atoms with Crippen LogP contribution in [0, 0.1) is 0 Å². The van der Waals surface area contributed by atoms with Crippen LogP contribution in [0.15, 0.2) is 48.5 Å². The molecule has 5 heteroatoms. The van der Waals surface area contributed by atoms with Crippen LogP contribution in [0.3, 0.4) is 0 Å². The molecule has 4 nitrogen and oxygen atoms in total. The van der Waals surface area contributed by atoms with E-state index in [0.717, 1.165) is 11.1 Å². The number of rotatable bonds is 2. The third kappa shape index (κ3) is 2.73. The van der Waals surface area contributed by atoms with Crippen LogP contribution in [0.25, 0.3) is 0 Å². The maximum atomic E-state index is 11.7. The summed E-state index contributed by atoms with van der Waals surface area (Å²) in [6.07, 6.45) is -1.52. The van der Waals surface area contributed by atoms with E-state index in [9.17, 15) is 4.79 Å². The molecule has 0 aliphatic carbocycles. The van der Waals surface area contributed by atoms with Crippen molar-refractivity contribution in [3.63, 3.8) is 0 Å². The zero-order chi connectivity index (χ0) is 14.8. The molecule has 1 aliphatic heterocycles. The van der Waals surface area contributed by atoms with Crippen LogP contribution in [0.1, 0.15) is 17.2 Å². The highest BCUT2D eigenvalue weighted by Gasteiger charge is 2.35. The Kier molecular flexibility index (Phi) is 3.82. The molecule has 0 unspecified atom stereocenters. The molecule has 0 saturated carbocycles. The van der Waals surface area contributed by atoms with Crippen molar-refractivity contribution in [2.45, 2.75) is 12.4 Å². The Morgan fingerprint density at radius 2 is 1.95 bits per heavy atom. The van der Waals surface area contributed by atoms with E-state index in [0.29, 0.717) is 10.8 Å². The monoisotopic (exact) mass is 304 g/mol. The normalized spacial score (nSPS) is 20.3. The Hall–Kier alpha value is -2.04. The third-order valence-electron chi connectivity index (χ3n) is 3.24. The molecule has 1 heterocycles. The first-order chi connectivity index (χ1) is 10.2. The summed E-state index contributed by atoms with van der Waals surface area (Å²) in [5.74, 6) is -0.00793. The summed E-state index contributed by atoms with van der Waals surface area (Å²) in [7, 11) is 1.30. The highest BCUT2D eigenvalue weighted by Crippen LogP contribution is 2.39. The minimum atomic E-state index is -1.09. The second-order valence-corrected chi connectivity index (χ2v) is 5.02. The van der Waals surface area contributed by atoms with Crippen LogP contribution in [0.5, 0.6) is 5.75 Å². The molecule has 0 amide bonds. The van der Waals surface area contributed by atoms with Crippen LogP contribution in [-0.4, -0.2) is 19.4 Å². The van der Waals surface area contributed by atoms with Gasteiger partial charge in [-0.3, -0.25) is 0 Å². The SMILES string of the molecule is COC(=O)[C@H]1Oc2ccc(Cl)cc2[C@@H](c2ccccc2)O1. The van der Waals surface area contributed by atoms with Crippen LogP contribution in [0.2, 0.25) is 5.02 Å². The number of halogens is 1. The number of carbonyl (C=O) groups excluding carboxylic acids is 1. The van der Waals surface area contributed by atoms with Crippen molar-refractivity contribution < 1.29 is 19.0 Å². The first-order valence-electron chi connectivity index (χ1n) is 6.43. The van der Waals surface area contributed by atoms with Crippen molar-refractivity contribution in [3.8, 4) is 5.75 Å². The number of benzene rings is 2. The maximum Gasteiger partial charge on any atom is 0.376 e. The fourth-order valence-electron chi connectivity index (χ4n) is 2.26. The van der Waals surface area contributed by atoms with Gasteiger partial charge < -0.3 is 14.2 Å². The van der Waals surface area contributed by atoms with Gasteiger partial charge in [-0.2, -0.15) is 0 Å². The zero-order valence-corrected chi connectivity index (χ0v) is 12.0. The fraction of sp³-hybridized carbons (Fsp3) is 0.188. The lowest BCUT2D eigenvalue weighted by molar-refractivity contribution is -0.186. The summed E-state index contributed by atoms with van der Waals surface area (Å²) in [6.45, 7) is 0. The Morgan fingerprint density at radius 3 is 2.67 bits per heavy atom. The lowest BCUT2D eigenvalue weighted by atomic mass is 9.99. The molecule has 0 N–H and O–H groups in total. The number of hydrogen-bond donors (Lipinski definition) is 0. The van der Waals surface area contributed by atoms with Crippen LogP contribution >= 0.6 is 11.6 Å². The average Bonchev–Trinajstić information content (AvgIpc) is 2.54. The van der Waals surface area contributed by atoms with Crippen LogP contribution in [-0.2, 0) is 14.3 Å². The summed E-state index contributed by atoms with van der Waals surface area (Å²) < 4.78 is 16.0. The molecule has 0 bridgehead atoms. The Bertz CT molecular complexity index is 657. The van der Waals surface area contributed by atoms with Gasteiger partial charge in [0, 0.05) is 10.6 Å². The van der Waals surface area contributed by atoms with Gasteiger partial charge in [-0.25, -0.2) is 4.79 Å². The highest BCUT2D eigenvalue weighted by atomic mass is 35.5. The van der Waals surface area contributed by atoms with Gasteiger partial charge in [-0.1, -0.05) is 41.9 Å². The standard InChI is InChI=1S/C16H13ClO4/c1-19-15(18)16-20-13-8-7-11(17)9-12(13)14(21-16)10-5-3-2-4-6-10/h2-9,14,16H,1H3/t14-,16+/m1/s1. The molecule has 0 fully saturated rings. The minimum absolute atomic E-state index is 0.433. The predicted octanol–water partition coefficient (Wildman–Crippen LogP) is 3.34. The molecule has 0 spiro atoms. The summed E-state index contributed by atoms with van der Waals surface area (Å²) >= 11 is 6.05. The fourth-order valence-corrected chi connectivity index (χ4v) is 2.44. The van der Waals surface area contributed by atoms with Gasteiger partial charge in [-0.05, 0) is 23.8 Å². The van der Waals surface area contributed by atoms with Gasteiger partial charge in [0.15, 0.2) is 0 Å². The van der Waals surface area contributed by atoms with E-state index in [-0.39, 0.29) is 0 Å². The number of ether oxygens (including phenoxy) is 3. The lowest BCUT2D eigenvalue weighted by Gasteiger charge is -2.31. The Morgan fingerprint density at radius 1 is 1.19 bits per heavy atom. The molecule has 0 aromatic heterocycles. The molecule has 2 aromatic rings. The second-order valence-electron chi connectivity index (χ2n) is 4.58. The van der Waals surface area contributed by atoms with Crippen molar-refractivity contribution >= 4 is 17.6 Å². The molecule has 21 heavy (non-hydrogen) atoms. The van der Waals surface area contributed by atoms with E-state index in [4.69, 9.17) is 25.8 Å². The van der Waals surface area contributed by atoms with E-state index in [2.05, 4.69) is 0 Å². The average molecular weight is 305 g/mol. The molecule has 2 aromatic carbocycles. The number of carbonyl (C=O) groups is 1. The van der Waals surface area contributed by atoms with Gasteiger partial charge in [-0.15, -0.1) is 0 Å². The van der Waals surface area contributed by atoms with E-state index < -0.39 is 18.4 Å². The lowest BCUT2D eigenvalue weighted by Crippen LogP contribution is -2.36. The summed E-state index contributed by atoms with van der Waals surface area (Å²) in [5.41, 5.74) is 1.70. The number of hydrogen-bond acceptors (Lipinski definition) is 4. The Balaban J connectivity index is 2.05. The van der Waals surface area contributed by atoms with Crippen LogP contribution in [0.4, 0.5) is 0 Å². The zero-order valence-electron chi connectivity index (χ0n) is 11.3. The highest BCUT2D eigenvalue weighted by molar-refractivity contribution is 6.30. The van der Waals surface area contributed by atoms with Crippen molar-refractivity contribution in [3.05, 3.63) is 64.7 Å². The van der Waals surface area contributed by atoms with Gasteiger partial charge in [0.1, 0.15) is 11.9 Å². The van der Waals surface area contributed by atoms with Gasteiger partial charge in [0.25, 0.3) is 6.29 Å². The maximum absolute atomic E-state index is 11.7. The van der Waals surface area contributed by atoms with Gasteiger partial charge in [0.2, 0.25) is 0 Å². The molecule has 108 valence electrons. The minimum Gasteiger partial charge on any atom is -0.464 e. The quantitative estimate of drug-likeness (QED) is 0.798. The topological polar surface area (TPSA) is 44.8 Å². The van der Waals surface area contributed by atoms with Crippen LogP contribution < -0.4 is 4.74 Å². The first-order valence-corrected chi connectivity index (χ1v) is 6.81. The number of esters is 1. The molecule has 3 rings (SSSR count). The largest absolute Gasteiger partial charge is 0.464 e.